The normalized spacial score (nSPS) is 13.0. The lowest BCUT2D eigenvalue weighted by Crippen LogP contribution is -2.28. The Bertz CT molecular complexity index is 1010. The molecule has 2 amide bonds. The Morgan fingerprint density at radius 2 is 1.85 bits per heavy atom. The van der Waals surface area contributed by atoms with Crippen LogP contribution >= 0.6 is 0 Å². The fourth-order valence-electron chi connectivity index (χ4n) is 3.22. The highest BCUT2D eigenvalue weighted by atomic mass is 16.5. The number of rotatable bonds is 5. The van der Waals surface area contributed by atoms with Crippen molar-refractivity contribution in [2.24, 2.45) is 0 Å². The summed E-state index contributed by atoms with van der Waals surface area (Å²) in [5.74, 6) is 0.662. The average molecular weight is 360 g/mol. The summed E-state index contributed by atoms with van der Waals surface area (Å²) in [6, 6.07) is 19.4. The van der Waals surface area contributed by atoms with Gasteiger partial charge in [-0.15, -0.1) is 0 Å². The first-order chi connectivity index (χ1) is 13.2. The molecule has 4 rings (SSSR count). The summed E-state index contributed by atoms with van der Waals surface area (Å²) in [6.07, 6.45) is 1.12. The molecule has 0 spiro atoms. The predicted octanol–water partition coefficient (Wildman–Crippen LogP) is 3.53. The van der Waals surface area contributed by atoms with Crippen molar-refractivity contribution in [1.29, 1.82) is 0 Å². The van der Waals surface area contributed by atoms with E-state index in [1.54, 1.807) is 12.1 Å². The Balaban J connectivity index is 1.31. The number of ether oxygens (including phenoxy) is 1. The van der Waals surface area contributed by atoms with Crippen LogP contribution < -0.4 is 15.4 Å². The van der Waals surface area contributed by atoms with Crippen molar-refractivity contribution in [1.82, 2.24) is 5.32 Å². The SMILES string of the molecule is O=C1CCc2cc(C(=O)NCCOc3ccc4ccccc4c3)ccc2N1. The smallest absolute Gasteiger partial charge is 0.251 e. The highest BCUT2D eigenvalue weighted by Gasteiger charge is 2.16. The third kappa shape index (κ3) is 3.92. The van der Waals surface area contributed by atoms with Crippen molar-refractivity contribution < 1.29 is 14.3 Å². The zero-order valence-electron chi connectivity index (χ0n) is 14.8. The van der Waals surface area contributed by atoms with Crippen LogP contribution in [0.2, 0.25) is 0 Å². The van der Waals surface area contributed by atoms with Crippen LogP contribution in [0, 0.1) is 0 Å². The minimum absolute atomic E-state index is 0.0190. The number of benzene rings is 3. The molecule has 0 aromatic heterocycles. The summed E-state index contributed by atoms with van der Waals surface area (Å²) in [5, 5.41) is 7.98. The zero-order chi connectivity index (χ0) is 18.6. The molecule has 0 bridgehead atoms. The summed E-state index contributed by atoms with van der Waals surface area (Å²) in [7, 11) is 0. The summed E-state index contributed by atoms with van der Waals surface area (Å²) in [5.41, 5.74) is 2.38. The van der Waals surface area contributed by atoms with Crippen LogP contribution in [0.3, 0.4) is 0 Å². The first-order valence-electron chi connectivity index (χ1n) is 9.02. The molecule has 2 N–H and O–H groups in total. The molecule has 0 fully saturated rings. The number of hydrogen-bond donors (Lipinski definition) is 2. The molecule has 0 aliphatic carbocycles. The van der Waals surface area contributed by atoms with Crippen LogP contribution in [0.4, 0.5) is 5.69 Å². The van der Waals surface area contributed by atoms with Gasteiger partial charge in [0.25, 0.3) is 5.91 Å². The lowest BCUT2D eigenvalue weighted by Gasteiger charge is -2.17. The molecule has 5 heteroatoms. The maximum absolute atomic E-state index is 12.3. The van der Waals surface area contributed by atoms with Crippen molar-refractivity contribution >= 4 is 28.3 Å². The molecule has 0 atom stereocenters. The van der Waals surface area contributed by atoms with E-state index in [0.29, 0.717) is 31.6 Å². The molecule has 0 unspecified atom stereocenters. The summed E-state index contributed by atoms with van der Waals surface area (Å²) >= 11 is 0. The van der Waals surface area contributed by atoms with Crippen molar-refractivity contribution in [2.45, 2.75) is 12.8 Å². The number of nitrogens with one attached hydrogen (secondary N) is 2. The van der Waals surface area contributed by atoms with Gasteiger partial charge in [0.1, 0.15) is 12.4 Å². The van der Waals surface area contributed by atoms with Gasteiger partial charge in [-0.2, -0.15) is 0 Å². The van der Waals surface area contributed by atoms with E-state index in [2.05, 4.69) is 16.7 Å². The Labute approximate surface area is 157 Å². The minimum atomic E-state index is -0.142. The average Bonchev–Trinajstić information content (AvgIpc) is 2.70. The van der Waals surface area contributed by atoms with E-state index < -0.39 is 0 Å². The van der Waals surface area contributed by atoms with Crippen LogP contribution in [0.15, 0.2) is 60.7 Å². The quantitative estimate of drug-likeness (QED) is 0.684. The molecule has 1 heterocycles. The molecule has 1 aliphatic rings. The Hall–Kier alpha value is -3.34. The van der Waals surface area contributed by atoms with E-state index in [-0.39, 0.29) is 11.8 Å². The number of carbonyl (C=O) groups excluding carboxylic acids is 2. The zero-order valence-corrected chi connectivity index (χ0v) is 14.8. The Morgan fingerprint density at radius 1 is 1.00 bits per heavy atom. The van der Waals surface area contributed by atoms with Gasteiger partial charge in [-0.3, -0.25) is 9.59 Å². The molecule has 3 aromatic rings. The summed E-state index contributed by atoms with van der Waals surface area (Å²) < 4.78 is 5.74. The molecular weight excluding hydrogens is 340 g/mol. The van der Waals surface area contributed by atoms with Crippen molar-refractivity contribution in [3.05, 3.63) is 71.8 Å². The second-order valence-electron chi connectivity index (χ2n) is 6.53. The third-order valence-electron chi connectivity index (χ3n) is 4.64. The van der Waals surface area contributed by atoms with Gasteiger partial charge in [-0.1, -0.05) is 30.3 Å². The number of carbonyl (C=O) groups is 2. The van der Waals surface area contributed by atoms with E-state index in [0.717, 1.165) is 22.4 Å². The lowest BCUT2D eigenvalue weighted by molar-refractivity contribution is -0.116. The first kappa shape index (κ1) is 17.1. The fourth-order valence-corrected chi connectivity index (χ4v) is 3.22. The molecular formula is C22H20N2O3. The van der Waals surface area contributed by atoms with Crippen molar-refractivity contribution in [3.63, 3.8) is 0 Å². The van der Waals surface area contributed by atoms with Crippen LogP contribution in [-0.2, 0) is 11.2 Å². The number of fused-ring (bicyclic) bond motifs is 2. The van der Waals surface area contributed by atoms with Gasteiger partial charge < -0.3 is 15.4 Å². The Kier molecular flexibility index (Phi) is 4.75. The van der Waals surface area contributed by atoms with Gasteiger partial charge in [0.05, 0.1) is 6.54 Å². The van der Waals surface area contributed by atoms with Gasteiger partial charge in [0, 0.05) is 17.7 Å². The highest BCUT2D eigenvalue weighted by Crippen LogP contribution is 2.23. The van der Waals surface area contributed by atoms with Crippen LogP contribution in [-0.4, -0.2) is 25.0 Å². The molecule has 27 heavy (non-hydrogen) atoms. The molecule has 0 saturated heterocycles. The standard InChI is InChI=1S/C22H20N2O3/c25-21-10-7-17-13-18(6-9-20(17)24-21)22(26)23-11-12-27-19-8-5-15-3-1-2-4-16(15)14-19/h1-6,8-9,13-14H,7,10-12H2,(H,23,26)(H,24,25). The fraction of sp³-hybridized carbons (Fsp3) is 0.182. The maximum atomic E-state index is 12.3. The maximum Gasteiger partial charge on any atom is 0.251 e. The second-order valence-corrected chi connectivity index (χ2v) is 6.53. The van der Waals surface area contributed by atoms with Crippen LogP contribution in [0.25, 0.3) is 10.8 Å². The van der Waals surface area contributed by atoms with E-state index in [1.807, 2.05) is 42.5 Å². The number of hydrogen-bond acceptors (Lipinski definition) is 3. The van der Waals surface area contributed by atoms with E-state index in [9.17, 15) is 9.59 Å². The van der Waals surface area contributed by atoms with Gasteiger partial charge >= 0.3 is 0 Å². The molecule has 0 saturated carbocycles. The molecule has 1 aliphatic heterocycles. The van der Waals surface area contributed by atoms with E-state index in [4.69, 9.17) is 4.74 Å². The molecule has 5 nitrogen and oxygen atoms in total. The molecule has 136 valence electrons. The summed E-state index contributed by atoms with van der Waals surface area (Å²) in [4.78, 5) is 23.7. The van der Waals surface area contributed by atoms with Gasteiger partial charge in [-0.05, 0) is 53.1 Å². The van der Waals surface area contributed by atoms with E-state index >= 15 is 0 Å². The summed E-state index contributed by atoms with van der Waals surface area (Å²) in [6.45, 7) is 0.810. The number of aryl methyl sites for hydroxylation is 1. The predicted molar refractivity (Wildman–Crippen MR) is 105 cm³/mol. The highest BCUT2D eigenvalue weighted by molar-refractivity contribution is 5.97. The molecule has 3 aromatic carbocycles. The van der Waals surface area contributed by atoms with Gasteiger partial charge in [-0.25, -0.2) is 0 Å². The number of amides is 2. The Morgan fingerprint density at radius 3 is 2.74 bits per heavy atom. The lowest BCUT2D eigenvalue weighted by atomic mass is 10.00. The van der Waals surface area contributed by atoms with Gasteiger partial charge in [0.15, 0.2) is 0 Å². The van der Waals surface area contributed by atoms with Crippen LogP contribution in [0.5, 0.6) is 5.75 Å². The topological polar surface area (TPSA) is 67.4 Å². The largest absolute Gasteiger partial charge is 0.492 e. The van der Waals surface area contributed by atoms with Crippen molar-refractivity contribution in [2.75, 3.05) is 18.5 Å². The monoisotopic (exact) mass is 360 g/mol. The van der Waals surface area contributed by atoms with Crippen LogP contribution in [0.1, 0.15) is 22.3 Å². The van der Waals surface area contributed by atoms with Gasteiger partial charge in [0.2, 0.25) is 5.91 Å². The molecule has 0 radical (unpaired) electrons. The third-order valence-corrected chi connectivity index (χ3v) is 4.64. The second kappa shape index (κ2) is 7.50. The minimum Gasteiger partial charge on any atom is -0.492 e. The first-order valence-corrected chi connectivity index (χ1v) is 9.02. The number of anilines is 1. The van der Waals surface area contributed by atoms with E-state index in [1.165, 1.54) is 5.39 Å². The van der Waals surface area contributed by atoms with Crippen molar-refractivity contribution in [3.8, 4) is 5.75 Å².